The van der Waals surface area contributed by atoms with E-state index in [4.69, 9.17) is 0 Å². The maximum atomic E-state index is 4.63. The number of nitrogens with zero attached hydrogens (tertiary/aromatic N) is 3. The van der Waals surface area contributed by atoms with Crippen LogP contribution in [0.4, 0.5) is 0 Å². The molecule has 0 spiro atoms. The first-order valence-corrected chi connectivity index (χ1v) is 11.1. The van der Waals surface area contributed by atoms with Crippen LogP contribution >= 0.6 is 0 Å². The number of para-hydroxylation sites is 1. The summed E-state index contributed by atoms with van der Waals surface area (Å²) in [6, 6.07) is 28.4. The Kier molecular flexibility index (Phi) is 6.40. The molecule has 2 aliphatic rings. The molecule has 7 rings (SSSR count). The van der Waals surface area contributed by atoms with Gasteiger partial charge >= 0.3 is 0 Å². The van der Waals surface area contributed by atoms with Crippen LogP contribution in [0.25, 0.3) is 57.3 Å². The van der Waals surface area contributed by atoms with Crippen molar-refractivity contribution in [3.63, 3.8) is 0 Å². The van der Waals surface area contributed by atoms with E-state index < -0.39 is 0 Å². The molecule has 0 saturated heterocycles. The molecule has 0 aliphatic carbocycles. The van der Waals surface area contributed by atoms with E-state index >= 15 is 0 Å². The van der Waals surface area contributed by atoms with E-state index in [9.17, 15) is 0 Å². The Morgan fingerprint density at radius 3 is 1.37 bits per heavy atom. The zero-order valence-corrected chi connectivity index (χ0v) is 19.9. The Morgan fingerprint density at radius 1 is 0.486 bits per heavy atom. The third-order valence-corrected chi connectivity index (χ3v) is 5.55. The van der Waals surface area contributed by atoms with Crippen LogP contribution in [0.3, 0.4) is 0 Å². The summed E-state index contributed by atoms with van der Waals surface area (Å²) in [4.78, 5) is 20.2. The standard InChI is InChI=1S/C20H14N4.C9H7N.Mn/c1-2-14-10-16-5-6-18(23-16)12-20-8-7-19(24-20)11-17-4-3-15(22-17)9-13(1)21-14;1-2-6-9-8(4-1)5-3-7-10-9;/h1-12,21,24H;1-7H;. The minimum absolute atomic E-state index is 0. The Bertz CT molecular complexity index is 1490. The van der Waals surface area contributed by atoms with Crippen LogP contribution < -0.4 is 0 Å². The van der Waals surface area contributed by atoms with Crippen molar-refractivity contribution in [1.82, 2.24) is 24.9 Å². The maximum absolute atomic E-state index is 4.63. The molecule has 1 radical (unpaired) electrons. The molecule has 0 fully saturated rings. The Morgan fingerprint density at radius 2 is 0.914 bits per heavy atom. The van der Waals surface area contributed by atoms with E-state index in [1.165, 1.54) is 5.39 Å². The van der Waals surface area contributed by atoms with Gasteiger partial charge in [0.15, 0.2) is 0 Å². The third-order valence-electron chi connectivity index (χ3n) is 5.55. The van der Waals surface area contributed by atoms with Crippen LogP contribution in [-0.2, 0) is 17.1 Å². The van der Waals surface area contributed by atoms with Crippen molar-refractivity contribution < 1.29 is 17.1 Å². The van der Waals surface area contributed by atoms with Gasteiger partial charge in [0, 0.05) is 50.7 Å². The van der Waals surface area contributed by atoms with E-state index in [-0.39, 0.29) is 17.1 Å². The summed E-state index contributed by atoms with van der Waals surface area (Å²) in [5, 5.41) is 1.20. The first-order valence-electron chi connectivity index (χ1n) is 11.1. The summed E-state index contributed by atoms with van der Waals surface area (Å²) in [5.74, 6) is 0. The Hall–Kier alpha value is -4.25. The zero-order valence-electron chi connectivity index (χ0n) is 18.7. The van der Waals surface area contributed by atoms with E-state index in [1.807, 2.05) is 79.0 Å². The average molecular weight is 494 g/mol. The van der Waals surface area contributed by atoms with Crippen LogP contribution in [0.15, 0.2) is 91.1 Å². The fourth-order valence-corrected chi connectivity index (χ4v) is 3.96. The summed E-state index contributed by atoms with van der Waals surface area (Å²) >= 11 is 0. The normalized spacial score (nSPS) is 11.5. The van der Waals surface area contributed by atoms with Crippen molar-refractivity contribution in [1.29, 1.82) is 0 Å². The molecule has 169 valence electrons. The quantitative estimate of drug-likeness (QED) is 0.226. The van der Waals surface area contributed by atoms with Gasteiger partial charge < -0.3 is 9.97 Å². The number of nitrogens with one attached hydrogen (secondary N) is 2. The smallest absolute Gasteiger partial charge is 0.0701 e. The molecule has 6 heterocycles. The van der Waals surface area contributed by atoms with Crippen molar-refractivity contribution in [3.8, 4) is 0 Å². The fourth-order valence-electron chi connectivity index (χ4n) is 3.96. The van der Waals surface area contributed by atoms with Gasteiger partial charge in [0.05, 0.1) is 28.3 Å². The number of pyridine rings is 1. The second-order valence-corrected chi connectivity index (χ2v) is 8.10. The van der Waals surface area contributed by atoms with Gasteiger partial charge in [-0.3, -0.25) is 4.98 Å². The molecule has 0 saturated carbocycles. The fraction of sp³-hybridized carbons (Fsp3) is 0. The van der Waals surface area contributed by atoms with Gasteiger partial charge in [0.25, 0.3) is 0 Å². The van der Waals surface area contributed by atoms with Crippen LogP contribution in [-0.4, -0.2) is 24.9 Å². The number of aromatic nitrogens is 5. The summed E-state index contributed by atoms with van der Waals surface area (Å²) in [6.45, 7) is 0. The number of hydrogen-bond donors (Lipinski definition) is 2. The molecule has 2 aliphatic heterocycles. The third kappa shape index (κ3) is 5.30. The Balaban J connectivity index is 0.000000194. The second kappa shape index (κ2) is 9.93. The molecular formula is C29H21MnN5. The molecule has 0 amide bonds. The van der Waals surface area contributed by atoms with Crippen molar-refractivity contribution in [3.05, 3.63) is 114 Å². The van der Waals surface area contributed by atoms with Gasteiger partial charge in [0.1, 0.15) is 0 Å². The van der Waals surface area contributed by atoms with E-state index in [2.05, 4.69) is 61.3 Å². The summed E-state index contributed by atoms with van der Waals surface area (Å²) in [5.41, 5.74) is 8.92. The monoisotopic (exact) mass is 494 g/mol. The maximum Gasteiger partial charge on any atom is 0.0701 e. The van der Waals surface area contributed by atoms with Crippen molar-refractivity contribution in [2.24, 2.45) is 0 Å². The Labute approximate surface area is 212 Å². The number of rotatable bonds is 0. The molecule has 5 aromatic rings. The zero-order chi connectivity index (χ0) is 22.7. The number of benzene rings is 1. The predicted octanol–water partition coefficient (Wildman–Crippen LogP) is 6.89. The SMILES string of the molecule is C1=Cc2cc3ccc(cc4nc(cc5ccc(cc1n2)[nH]5)C=C4)[nH]3.[Mn].c1ccc2ncccc2c1. The van der Waals surface area contributed by atoms with E-state index in [0.29, 0.717) is 0 Å². The van der Waals surface area contributed by atoms with E-state index in [0.717, 1.165) is 50.4 Å². The first kappa shape index (κ1) is 22.5. The van der Waals surface area contributed by atoms with E-state index in [1.54, 1.807) is 0 Å². The van der Waals surface area contributed by atoms with Crippen LogP contribution in [0.2, 0.25) is 0 Å². The molecule has 2 N–H and O–H groups in total. The summed E-state index contributed by atoms with van der Waals surface area (Å²) < 4.78 is 0. The van der Waals surface area contributed by atoms with Gasteiger partial charge in [-0.1, -0.05) is 24.3 Å². The van der Waals surface area contributed by atoms with Gasteiger partial charge in [-0.15, -0.1) is 0 Å². The molecule has 5 nitrogen and oxygen atoms in total. The van der Waals surface area contributed by atoms with Gasteiger partial charge in [-0.2, -0.15) is 0 Å². The molecular weight excluding hydrogens is 473 g/mol. The van der Waals surface area contributed by atoms with Crippen LogP contribution in [0, 0.1) is 0 Å². The first-order chi connectivity index (χ1) is 16.8. The summed E-state index contributed by atoms with van der Waals surface area (Å²) in [7, 11) is 0. The number of H-pyrrole nitrogens is 2. The minimum Gasteiger partial charge on any atom is -0.355 e. The van der Waals surface area contributed by atoms with Crippen LogP contribution in [0.5, 0.6) is 0 Å². The van der Waals surface area contributed by atoms with Gasteiger partial charge in [-0.05, 0) is 85.0 Å². The van der Waals surface area contributed by atoms with Gasteiger partial charge in [-0.25, -0.2) is 9.97 Å². The summed E-state index contributed by atoms with van der Waals surface area (Å²) in [6.07, 6.45) is 9.90. The number of hydrogen-bond acceptors (Lipinski definition) is 3. The number of fused-ring (bicyclic) bond motifs is 9. The van der Waals surface area contributed by atoms with Crippen LogP contribution in [0.1, 0.15) is 22.8 Å². The number of aromatic amines is 2. The minimum atomic E-state index is 0. The topological polar surface area (TPSA) is 70.2 Å². The molecule has 1 aromatic carbocycles. The molecule has 6 heteroatoms. The van der Waals surface area contributed by atoms with Crippen molar-refractivity contribution >= 4 is 57.3 Å². The molecule has 0 atom stereocenters. The molecule has 4 aromatic heterocycles. The van der Waals surface area contributed by atoms with Crippen molar-refractivity contribution in [2.75, 3.05) is 0 Å². The average Bonchev–Trinajstić information content (AvgIpc) is 3.66. The molecule has 0 unspecified atom stereocenters. The molecule has 35 heavy (non-hydrogen) atoms. The molecule has 8 bridgehead atoms. The van der Waals surface area contributed by atoms with Gasteiger partial charge in [0.2, 0.25) is 0 Å². The largest absolute Gasteiger partial charge is 0.355 e. The predicted molar refractivity (Wildman–Crippen MR) is 141 cm³/mol. The second-order valence-electron chi connectivity index (χ2n) is 8.10. The van der Waals surface area contributed by atoms with Crippen molar-refractivity contribution in [2.45, 2.75) is 0 Å².